The molecule has 0 atom stereocenters. The first-order valence-corrected chi connectivity index (χ1v) is 8.45. The summed E-state index contributed by atoms with van der Waals surface area (Å²) in [5.41, 5.74) is 1.47. The zero-order chi connectivity index (χ0) is 16.8. The Hall–Kier alpha value is -2.53. The van der Waals surface area contributed by atoms with Crippen LogP contribution in [0.3, 0.4) is 0 Å². The second-order valence-corrected chi connectivity index (χ2v) is 6.22. The molecule has 3 nitrogen and oxygen atoms in total. The van der Waals surface area contributed by atoms with Gasteiger partial charge < -0.3 is 14.8 Å². The maximum absolute atomic E-state index is 13.6. The van der Waals surface area contributed by atoms with Crippen molar-refractivity contribution in [1.29, 1.82) is 0 Å². The smallest absolute Gasteiger partial charge is 0.161 e. The Morgan fingerprint density at radius 1 is 1.04 bits per heavy atom. The van der Waals surface area contributed by atoms with Gasteiger partial charge in [-0.05, 0) is 41.3 Å². The van der Waals surface area contributed by atoms with Crippen LogP contribution in [0, 0.1) is 5.82 Å². The zero-order valence-corrected chi connectivity index (χ0v) is 14.1. The van der Waals surface area contributed by atoms with E-state index in [1.165, 1.54) is 6.07 Å². The molecular formula is C19H18FNO2S. The van der Waals surface area contributed by atoms with Crippen molar-refractivity contribution in [1.82, 2.24) is 0 Å². The van der Waals surface area contributed by atoms with Crippen LogP contribution in [0.2, 0.25) is 0 Å². The lowest BCUT2D eigenvalue weighted by molar-refractivity contribution is 0.287. The van der Waals surface area contributed by atoms with Crippen LogP contribution in [0.5, 0.6) is 11.5 Å². The second-order valence-electron chi connectivity index (χ2n) is 5.19. The Morgan fingerprint density at radius 3 is 2.67 bits per heavy atom. The molecule has 0 aliphatic rings. The molecule has 0 unspecified atom stereocenters. The summed E-state index contributed by atoms with van der Waals surface area (Å²) in [4.78, 5) is 1.15. The van der Waals surface area contributed by atoms with E-state index in [1.54, 1.807) is 36.6 Å². The normalized spacial score (nSPS) is 10.4. The van der Waals surface area contributed by atoms with Crippen molar-refractivity contribution in [3.8, 4) is 11.5 Å². The van der Waals surface area contributed by atoms with Gasteiger partial charge in [-0.1, -0.05) is 24.3 Å². The van der Waals surface area contributed by atoms with E-state index in [4.69, 9.17) is 9.47 Å². The molecule has 3 rings (SSSR count). The molecule has 1 heterocycles. The van der Waals surface area contributed by atoms with Gasteiger partial charge in [0.1, 0.15) is 12.4 Å². The molecule has 0 spiro atoms. The Kier molecular flexibility index (Phi) is 5.33. The molecule has 5 heteroatoms. The first-order chi connectivity index (χ1) is 11.8. The Morgan fingerprint density at radius 2 is 1.92 bits per heavy atom. The van der Waals surface area contributed by atoms with E-state index in [2.05, 4.69) is 5.32 Å². The van der Waals surface area contributed by atoms with Crippen LogP contribution in [-0.4, -0.2) is 7.11 Å². The van der Waals surface area contributed by atoms with Crippen molar-refractivity contribution < 1.29 is 13.9 Å². The lowest BCUT2D eigenvalue weighted by Crippen LogP contribution is -2.02. The highest BCUT2D eigenvalue weighted by molar-refractivity contribution is 7.09. The number of rotatable bonds is 7. The molecule has 24 heavy (non-hydrogen) atoms. The van der Waals surface area contributed by atoms with Gasteiger partial charge in [0.25, 0.3) is 0 Å². The number of anilines is 1. The predicted octanol–water partition coefficient (Wildman–Crippen LogP) is 5.09. The molecule has 0 aliphatic heterocycles. The standard InChI is InChI=1S/C19H18FNO2S/c1-22-19-11-14(12-21-17-7-3-2-6-16(17)20)8-9-18(19)23-13-15-5-4-10-24-15/h2-11,21H,12-13H2,1H3. The summed E-state index contributed by atoms with van der Waals surface area (Å²) in [5.74, 6) is 1.10. The fourth-order valence-electron chi connectivity index (χ4n) is 2.29. The molecule has 3 aromatic rings. The molecular weight excluding hydrogens is 325 g/mol. The summed E-state index contributed by atoms with van der Waals surface area (Å²) >= 11 is 1.65. The molecule has 0 saturated heterocycles. The number of benzene rings is 2. The van der Waals surface area contributed by atoms with Crippen molar-refractivity contribution in [3.63, 3.8) is 0 Å². The van der Waals surface area contributed by atoms with E-state index in [9.17, 15) is 4.39 Å². The molecule has 124 valence electrons. The Labute approximate surface area is 144 Å². The Bertz CT molecular complexity index is 790. The third kappa shape index (κ3) is 4.06. The first-order valence-electron chi connectivity index (χ1n) is 7.57. The average Bonchev–Trinajstić information content (AvgIpc) is 3.13. The summed E-state index contributed by atoms with van der Waals surface area (Å²) in [6.07, 6.45) is 0. The lowest BCUT2D eigenvalue weighted by atomic mass is 10.2. The summed E-state index contributed by atoms with van der Waals surface area (Å²) in [5, 5.41) is 5.11. The maximum Gasteiger partial charge on any atom is 0.161 e. The lowest BCUT2D eigenvalue weighted by Gasteiger charge is -2.13. The number of methoxy groups -OCH3 is 1. The van der Waals surface area contributed by atoms with E-state index < -0.39 is 0 Å². The topological polar surface area (TPSA) is 30.5 Å². The van der Waals surface area contributed by atoms with Crippen LogP contribution in [0.4, 0.5) is 10.1 Å². The molecule has 0 amide bonds. The van der Waals surface area contributed by atoms with Crippen LogP contribution < -0.4 is 14.8 Å². The van der Waals surface area contributed by atoms with Crippen LogP contribution in [0.1, 0.15) is 10.4 Å². The summed E-state index contributed by atoms with van der Waals surface area (Å²) in [6, 6.07) is 16.4. The number of hydrogen-bond donors (Lipinski definition) is 1. The van der Waals surface area contributed by atoms with E-state index in [0.717, 1.165) is 10.4 Å². The maximum atomic E-state index is 13.6. The van der Waals surface area contributed by atoms with E-state index in [1.807, 2.05) is 35.7 Å². The van der Waals surface area contributed by atoms with Crippen molar-refractivity contribution in [3.05, 3.63) is 76.2 Å². The van der Waals surface area contributed by atoms with Gasteiger partial charge >= 0.3 is 0 Å². The number of thiophene rings is 1. The third-order valence-electron chi connectivity index (χ3n) is 3.53. The number of nitrogens with one attached hydrogen (secondary N) is 1. The summed E-state index contributed by atoms with van der Waals surface area (Å²) < 4.78 is 24.9. The van der Waals surface area contributed by atoms with Gasteiger partial charge in [0.15, 0.2) is 11.5 Å². The minimum absolute atomic E-state index is 0.264. The van der Waals surface area contributed by atoms with Gasteiger partial charge in [-0.25, -0.2) is 4.39 Å². The van der Waals surface area contributed by atoms with Gasteiger partial charge in [-0.3, -0.25) is 0 Å². The minimum atomic E-state index is -0.264. The molecule has 0 saturated carbocycles. The molecule has 2 aromatic carbocycles. The van der Waals surface area contributed by atoms with Crippen molar-refractivity contribution >= 4 is 17.0 Å². The number of ether oxygens (including phenoxy) is 2. The molecule has 0 aliphatic carbocycles. The van der Waals surface area contributed by atoms with E-state index >= 15 is 0 Å². The minimum Gasteiger partial charge on any atom is -0.493 e. The number of para-hydroxylation sites is 1. The molecule has 0 radical (unpaired) electrons. The highest BCUT2D eigenvalue weighted by atomic mass is 32.1. The number of halogens is 1. The SMILES string of the molecule is COc1cc(CNc2ccccc2F)ccc1OCc1cccs1. The van der Waals surface area contributed by atoms with Crippen molar-refractivity contribution in [2.24, 2.45) is 0 Å². The third-order valence-corrected chi connectivity index (χ3v) is 4.38. The Balaban J connectivity index is 1.66. The largest absolute Gasteiger partial charge is 0.493 e. The van der Waals surface area contributed by atoms with Gasteiger partial charge in [-0.15, -0.1) is 11.3 Å². The number of hydrogen-bond acceptors (Lipinski definition) is 4. The van der Waals surface area contributed by atoms with Crippen LogP contribution in [0.25, 0.3) is 0 Å². The van der Waals surface area contributed by atoms with Crippen LogP contribution in [-0.2, 0) is 13.2 Å². The van der Waals surface area contributed by atoms with Gasteiger partial charge in [-0.2, -0.15) is 0 Å². The quantitative estimate of drug-likeness (QED) is 0.648. The van der Waals surface area contributed by atoms with Crippen molar-refractivity contribution in [2.45, 2.75) is 13.2 Å². The second kappa shape index (κ2) is 7.84. The van der Waals surface area contributed by atoms with Gasteiger partial charge in [0, 0.05) is 11.4 Å². The van der Waals surface area contributed by atoms with Crippen LogP contribution >= 0.6 is 11.3 Å². The monoisotopic (exact) mass is 343 g/mol. The van der Waals surface area contributed by atoms with Crippen molar-refractivity contribution in [2.75, 3.05) is 12.4 Å². The molecule has 1 N–H and O–H groups in total. The summed E-state index contributed by atoms with van der Waals surface area (Å²) in [7, 11) is 1.61. The van der Waals surface area contributed by atoms with E-state index in [-0.39, 0.29) is 5.82 Å². The molecule has 0 fully saturated rings. The highest BCUT2D eigenvalue weighted by Gasteiger charge is 2.07. The summed E-state index contributed by atoms with van der Waals surface area (Å²) in [6.45, 7) is 1.02. The fourth-order valence-corrected chi connectivity index (χ4v) is 2.90. The molecule has 1 aromatic heterocycles. The van der Waals surface area contributed by atoms with Crippen LogP contribution in [0.15, 0.2) is 60.0 Å². The van der Waals surface area contributed by atoms with Gasteiger partial charge in [0.2, 0.25) is 0 Å². The van der Waals surface area contributed by atoms with Gasteiger partial charge in [0.05, 0.1) is 12.8 Å². The predicted molar refractivity (Wildman–Crippen MR) is 95.4 cm³/mol. The fraction of sp³-hybridized carbons (Fsp3) is 0.158. The molecule has 0 bridgehead atoms. The first kappa shape index (κ1) is 16.3. The highest BCUT2D eigenvalue weighted by Crippen LogP contribution is 2.29. The average molecular weight is 343 g/mol. The van der Waals surface area contributed by atoms with E-state index in [0.29, 0.717) is 30.3 Å². The zero-order valence-electron chi connectivity index (χ0n) is 13.3.